The zero-order valence-electron chi connectivity index (χ0n) is 12.1. The second-order valence-electron chi connectivity index (χ2n) is 5.35. The van der Waals surface area contributed by atoms with Gasteiger partial charge >= 0.3 is 6.18 Å². The number of benzene rings is 1. The van der Waals surface area contributed by atoms with Crippen molar-refractivity contribution >= 4 is 5.69 Å². The van der Waals surface area contributed by atoms with Crippen molar-refractivity contribution in [3.8, 4) is 11.6 Å². The van der Waals surface area contributed by atoms with Gasteiger partial charge in [0.05, 0.1) is 17.8 Å². The number of aromatic hydroxyl groups is 1. The van der Waals surface area contributed by atoms with E-state index in [2.05, 4.69) is 4.98 Å². The Labute approximate surface area is 131 Å². The first-order valence-electron chi connectivity index (χ1n) is 7.16. The number of para-hydroxylation sites is 2. The molecule has 1 aromatic carbocycles. The van der Waals surface area contributed by atoms with Crippen LogP contribution in [-0.4, -0.2) is 29.3 Å². The first kappa shape index (κ1) is 15.5. The Bertz CT molecular complexity index is 674. The molecular weight excluding hydrogens is 309 g/mol. The summed E-state index contributed by atoms with van der Waals surface area (Å²) in [5.74, 6) is 0.364. The number of anilines is 1. The van der Waals surface area contributed by atoms with Crippen molar-refractivity contribution in [3.05, 3.63) is 48.2 Å². The molecule has 2 aromatic rings. The summed E-state index contributed by atoms with van der Waals surface area (Å²) in [6.07, 6.45) is -3.11. The first-order valence-corrected chi connectivity index (χ1v) is 7.16. The fraction of sp³-hybridized carbons (Fsp3) is 0.312. The number of nitrogens with zero attached hydrogens (tertiary/aromatic N) is 2. The van der Waals surface area contributed by atoms with Crippen molar-refractivity contribution < 1.29 is 23.0 Å². The fourth-order valence-corrected chi connectivity index (χ4v) is 2.56. The highest BCUT2D eigenvalue weighted by molar-refractivity contribution is 5.58. The number of hydrogen-bond donors (Lipinski definition) is 1. The summed E-state index contributed by atoms with van der Waals surface area (Å²) in [4.78, 5) is 5.69. The van der Waals surface area contributed by atoms with Gasteiger partial charge < -0.3 is 14.7 Å². The van der Waals surface area contributed by atoms with Crippen molar-refractivity contribution in [1.29, 1.82) is 0 Å². The summed E-state index contributed by atoms with van der Waals surface area (Å²) >= 11 is 0. The van der Waals surface area contributed by atoms with Crippen LogP contribution < -0.4 is 9.64 Å². The number of ether oxygens (including phenoxy) is 1. The SMILES string of the molecule is Oc1ccccc1N1CCC(Oc2ccc(C(F)(F)F)cn2)C1. The lowest BCUT2D eigenvalue weighted by Gasteiger charge is -2.19. The van der Waals surface area contributed by atoms with Crippen LogP contribution in [0.1, 0.15) is 12.0 Å². The number of pyridine rings is 1. The topological polar surface area (TPSA) is 45.6 Å². The maximum absolute atomic E-state index is 12.5. The molecule has 1 aliphatic heterocycles. The maximum atomic E-state index is 12.5. The average molecular weight is 324 g/mol. The largest absolute Gasteiger partial charge is 0.506 e. The number of phenols is 1. The third-order valence-electron chi connectivity index (χ3n) is 3.72. The number of rotatable bonds is 3. The van der Waals surface area contributed by atoms with Crippen molar-refractivity contribution in [2.75, 3.05) is 18.0 Å². The van der Waals surface area contributed by atoms with E-state index in [4.69, 9.17) is 4.74 Å². The van der Waals surface area contributed by atoms with Crippen LogP contribution >= 0.6 is 0 Å². The maximum Gasteiger partial charge on any atom is 0.417 e. The van der Waals surface area contributed by atoms with Crippen LogP contribution in [0.5, 0.6) is 11.6 Å². The van der Waals surface area contributed by atoms with Crippen LogP contribution in [0.4, 0.5) is 18.9 Å². The molecule has 0 spiro atoms. The molecule has 0 aliphatic carbocycles. The van der Waals surface area contributed by atoms with Gasteiger partial charge in [-0.2, -0.15) is 13.2 Å². The van der Waals surface area contributed by atoms with E-state index in [1.54, 1.807) is 12.1 Å². The predicted octanol–water partition coefficient (Wildman–Crippen LogP) is 3.46. The molecular formula is C16H15F3N2O2. The van der Waals surface area contributed by atoms with Crippen LogP contribution in [0, 0.1) is 0 Å². The highest BCUT2D eigenvalue weighted by atomic mass is 19.4. The number of phenolic OH excluding ortho intramolecular Hbond substituents is 1. The molecule has 1 saturated heterocycles. The van der Waals surface area contributed by atoms with Crippen LogP contribution in [0.15, 0.2) is 42.6 Å². The Morgan fingerprint density at radius 1 is 1.17 bits per heavy atom. The highest BCUT2D eigenvalue weighted by Crippen LogP contribution is 2.31. The first-order chi connectivity index (χ1) is 10.9. The lowest BCUT2D eigenvalue weighted by molar-refractivity contribution is -0.137. The van der Waals surface area contributed by atoms with E-state index in [0.717, 1.165) is 18.0 Å². The molecule has 4 nitrogen and oxygen atoms in total. The molecule has 1 fully saturated rings. The zero-order valence-corrected chi connectivity index (χ0v) is 12.1. The Balaban J connectivity index is 1.63. The molecule has 0 saturated carbocycles. The van der Waals surface area contributed by atoms with E-state index >= 15 is 0 Å². The Morgan fingerprint density at radius 3 is 2.61 bits per heavy atom. The molecule has 1 N–H and O–H groups in total. The van der Waals surface area contributed by atoms with Crippen LogP contribution in [0.3, 0.4) is 0 Å². The molecule has 1 aliphatic rings. The van der Waals surface area contributed by atoms with E-state index in [1.807, 2.05) is 17.0 Å². The quantitative estimate of drug-likeness (QED) is 0.939. The van der Waals surface area contributed by atoms with Crippen molar-refractivity contribution in [2.24, 2.45) is 0 Å². The minimum Gasteiger partial charge on any atom is -0.506 e. The molecule has 2 heterocycles. The monoisotopic (exact) mass is 324 g/mol. The van der Waals surface area contributed by atoms with Crippen LogP contribution in [-0.2, 0) is 6.18 Å². The third kappa shape index (κ3) is 3.49. The number of hydrogen-bond acceptors (Lipinski definition) is 4. The summed E-state index contributed by atoms with van der Waals surface area (Å²) in [6, 6.07) is 9.19. The van der Waals surface area contributed by atoms with Gasteiger partial charge in [-0.3, -0.25) is 0 Å². The van der Waals surface area contributed by atoms with E-state index in [1.165, 1.54) is 6.07 Å². The van der Waals surface area contributed by atoms with Crippen molar-refractivity contribution in [1.82, 2.24) is 4.98 Å². The summed E-state index contributed by atoms with van der Waals surface area (Å²) in [5.41, 5.74) is -0.0777. The number of aromatic nitrogens is 1. The number of halogens is 3. The highest BCUT2D eigenvalue weighted by Gasteiger charge is 2.31. The molecule has 23 heavy (non-hydrogen) atoms. The summed E-state index contributed by atoms with van der Waals surface area (Å²) in [5, 5.41) is 9.85. The van der Waals surface area contributed by atoms with Gasteiger partial charge in [0, 0.05) is 25.2 Å². The standard InChI is InChI=1S/C16H15F3N2O2/c17-16(18,19)11-5-6-15(20-9-11)23-12-7-8-21(10-12)13-3-1-2-4-14(13)22/h1-6,9,12,22H,7-8,10H2. The molecule has 0 amide bonds. The molecule has 1 unspecified atom stereocenters. The minimum absolute atomic E-state index is 0.169. The van der Waals surface area contributed by atoms with Gasteiger partial charge in [0.2, 0.25) is 5.88 Å². The summed E-state index contributed by atoms with van der Waals surface area (Å²) in [7, 11) is 0. The molecule has 1 aromatic heterocycles. The number of alkyl halides is 3. The second kappa shape index (κ2) is 5.98. The lowest BCUT2D eigenvalue weighted by atomic mass is 10.2. The summed E-state index contributed by atoms with van der Waals surface area (Å²) < 4.78 is 43.1. The fourth-order valence-electron chi connectivity index (χ4n) is 2.56. The average Bonchev–Trinajstić information content (AvgIpc) is 2.95. The predicted molar refractivity (Wildman–Crippen MR) is 78.6 cm³/mol. The lowest BCUT2D eigenvalue weighted by Crippen LogP contribution is -2.24. The molecule has 0 radical (unpaired) electrons. The molecule has 122 valence electrons. The zero-order chi connectivity index (χ0) is 16.4. The van der Waals surface area contributed by atoms with Crippen LogP contribution in [0.25, 0.3) is 0 Å². The Hall–Kier alpha value is -2.44. The second-order valence-corrected chi connectivity index (χ2v) is 5.35. The van der Waals surface area contributed by atoms with E-state index in [9.17, 15) is 18.3 Å². The van der Waals surface area contributed by atoms with Gasteiger partial charge in [0.1, 0.15) is 11.9 Å². The van der Waals surface area contributed by atoms with Gasteiger partial charge in [-0.05, 0) is 18.2 Å². The Kier molecular flexibility index (Phi) is 4.02. The van der Waals surface area contributed by atoms with E-state index in [-0.39, 0.29) is 17.7 Å². The van der Waals surface area contributed by atoms with Gasteiger partial charge in [-0.25, -0.2) is 4.98 Å². The van der Waals surface area contributed by atoms with Gasteiger partial charge in [0.25, 0.3) is 0 Å². The van der Waals surface area contributed by atoms with Gasteiger partial charge in [-0.15, -0.1) is 0 Å². The van der Waals surface area contributed by atoms with Crippen LogP contribution in [0.2, 0.25) is 0 Å². The summed E-state index contributed by atoms with van der Waals surface area (Å²) in [6.45, 7) is 1.24. The molecule has 3 rings (SSSR count). The third-order valence-corrected chi connectivity index (χ3v) is 3.72. The normalized spacial score (nSPS) is 18.2. The smallest absolute Gasteiger partial charge is 0.417 e. The van der Waals surface area contributed by atoms with Gasteiger partial charge in [0.15, 0.2) is 0 Å². The van der Waals surface area contributed by atoms with Gasteiger partial charge in [-0.1, -0.05) is 12.1 Å². The van der Waals surface area contributed by atoms with Crippen molar-refractivity contribution in [3.63, 3.8) is 0 Å². The van der Waals surface area contributed by atoms with E-state index in [0.29, 0.717) is 19.5 Å². The van der Waals surface area contributed by atoms with Crippen molar-refractivity contribution in [2.45, 2.75) is 18.7 Å². The Morgan fingerprint density at radius 2 is 1.96 bits per heavy atom. The molecule has 7 heteroatoms. The molecule has 1 atom stereocenters. The minimum atomic E-state index is -4.40. The molecule has 0 bridgehead atoms. The van der Waals surface area contributed by atoms with E-state index < -0.39 is 11.7 Å².